The molecular formula is C12H22N2O3. The predicted molar refractivity (Wildman–Crippen MR) is 64.4 cm³/mol. The molecule has 0 aromatic heterocycles. The molecule has 5 heteroatoms. The quantitative estimate of drug-likeness (QED) is 0.776. The Morgan fingerprint density at radius 3 is 2.59 bits per heavy atom. The molecule has 0 spiro atoms. The van der Waals surface area contributed by atoms with Crippen LogP contribution in [-0.4, -0.2) is 49.1 Å². The van der Waals surface area contributed by atoms with Crippen molar-refractivity contribution >= 4 is 11.8 Å². The lowest BCUT2D eigenvalue weighted by Gasteiger charge is -2.30. The van der Waals surface area contributed by atoms with Gasteiger partial charge >= 0.3 is 0 Å². The number of hydrogen-bond donors (Lipinski definition) is 1. The topological polar surface area (TPSA) is 58.6 Å². The maximum atomic E-state index is 12.3. The van der Waals surface area contributed by atoms with Gasteiger partial charge in [-0.15, -0.1) is 0 Å². The Kier molecular flexibility index (Phi) is 4.93. The van der Waals surface area contributed by atoms with Gasteiger partial charge in [0.05, 0.1) is 12.6 Å². The summed E-state index contributed by atoms with van der Waals surface area (Å²) >= 11 is 0. The normalized spacial score (nSPS) is 23.6. The molecule has 0 aliphatic carbocycles. The van der Waals surface area contributed by atoms with Crippen LogP contribution in [0.5, 0.6) is 0 Å². The number of hydrogen-bond acceptors (Lipinski definition) is 3. The molecule has 1 saturated heterocycles. The Balaban J connectivity index is 2.83. The first-order valence-corrected chi connectivity index (χ1v) is 6.06. The number of rotatable bonds is 4. The van der Waals surface area contributed by atoms with E-state index in [-0.39, 0.29) is 23.8 Å². The first-order valence-electron chi connectivity index (χ1n) is 6.06. The molecule has 0 aromatic carbocycles. The number of amides is 2. The van der Waals surface area contributed by atoms with Crippen molar-refractivity contribution in [3.63, 3.8) is 0 Å². The van der Waals surface area contributed by atoms with Crippen LogP contribution in [0.3, 0.4) is 0 Å². The second kappa shape index (κ2) is 6.00. The number of ether oxygens (including phenoxy) is 1. The smallest absolute Gasteiger partial charge is 0.245 e. The highest BCUT2D eigenvalue weighted by molar-refractivity contribution is 5.90. The van der Waals surface area contributed by atoms with E-state index in [4.69, 9.17) is 4.74 Å². The van der Waals surface area contributed by atoms with Crippen molar-refractivity contribution in [1.29, 1.82) is 0 Å². The van der Waals surface area contributed by atoms with Gasteiger partial charge in [-0.1, -0.05) is 13.8 Å². The first-order chi connectivity index (χ1) is 7.97. The minimum atomic E-state index is -0.413. The average molecular weight is 242 g/mol. The van der Waals surface area contributed by atoms with Crippen molar-refractivity contribution in [2.75, 3.05) is 20.3 Å². The summed E-state index contributed by atoms with van der Waals surface area (Å²) in [6, 6.07) is -0.411. The highest BCUT2D eigenvalue weighted by atomic mass is 16.5. The summed E-state index contributed by atoms with van der Waals surface area (Å²) in [5, 5.41) is 2.78. The van der Waals surface area contributed by atoms with Gasteiger partial charge in [-0.2, -0.15) is 0 Å². The maximum absolute atomic E-state index is 12.3. The SMILES string of the molecule is COCC(C)N1CCC(=O)NC(C(C)C)C1=O. The minimum absolute atomic E-state index is 0.00134. The van der Waals surface area contributed by atoms with E-state index in [1.54, 1.807) is 12.0 Å². The van der Waals surface area contributed by atoms with Crippen molar-refractivity contribution in [3.8, 4) is 0 Å². The molecule has 0 radical (unpaired) electrons. The summed E-state index contributed by atoms with van der Waals surface area (Å²) in [5.74, 6) is 0.0429. The zero-order chi connectivity index (χ0) is 13.0. The van der Waals surface area contributed by atoms with E-state index in [0.29, 0.717) is 19.6 Å². The van der Waals surface area contributed by atoms with Crippen molar-refractivity contribution < 1.29 is 14.3 Å². The average Bonchev–Trinajstić information content (AvgIpc) is 2.39. The third-order valence-corrected chi connectivity index (χ3v) is 3.05. The van der Waals surface area contributed by atoms with Crippen molar-refractivity contribution in [1.82, 2.24) is 10.2 Å². The van der Waals surface area contributed by atoms with Gasteiger partial charge in [-0.3, -0.25) is 9.59 Å². The summed E-state index contributed by atoms with van der Waals surface area (Å²) in [6.07, 6.45) is 0.364. The number of nitrogens with one attached hydrogen (secondary N) is 1. The molecule has 1 aliphatic rings. The third-order valence-electron chi connectivity index (χ3n) is 3.05. The molecule has 5 nitrogen and oxygen atoms in total. The van der Waals surface area contributed by atoms with Crippen molar-refractivity contribution in [3.05, 3.63) is 0 Å². The van der Waals surface area contributed by atoms with Gasteiger partial charge in [0, 0.05) is 20.1 Å². The molecule has 1 fully saturated rings. The fraction of sp³-hybridized carbons (Fsp3) is 0.833. The molecule has 17 heavy (non-hydrogen) atoms. The van der Waals surface area contributed by atoms with Gasteiger partial charge in [-0.05, 0) is 12.8 Å². The third kappa shape index (κ3) is 3.43. The summed E-state index contributed by atoms with van der Waals surface area (Å²) in [4.78, 5) is 25.6. The molecule has 2 unspecified atom stereocenters. The molecular weight excluding hydrogens is 220 g/mol. The number of nitrogens with zero attached hydrogens (tertiary/aromatic N) is 1. The van der Waals surface area contributed by atoms with Crippen LogP contribution in [-0.2, 0) is 14.3 Å². The first kappa shape index (κ1) is 14.0. The van der Waals surface area contributed by atoms with E-state index in [2.05, 4.69) is 5.32 Å². The zero-order valence-corrected chi connectivity index (χ0v) is 11.0. The van der Waals surface area contributed by atoms with E-state index in [0.717, 1.165) is 0 Å². The highest BCUT2D eigenvalue weighted by Crippen LogP contribution is 2.13. The molecule has 2 amide bonds. The van der Waals surface area contributed by atoms with Gasteiger partial charge in [0.1, 0.15) is 6.04 Å². The molecule has 1 aliphatic heterocycles. The Hall–Kier alpha value is -1.10. The largest absolute Gasteiger partial charge is 0.383 e. The van der Waals surface area contributed by atoms with Gasteiger partial charge in [0.15, 0.2) is 0 Å². The Morgan fingerprint density at radius 2 is 2.06 bits per heavy atom. The van der Waals surface area contributed by atoms with Gasteiger partial charge in [0.25, 0.3) is 0 Å². The predicted octanol–water partition coefficient (Wildman–Crippen LogP) is 0.394. The zero-order valence-electron chi connectivity index (χ0n) is 11.0. The van der Waals surface area contributed by atoms with E-state index >= 15 is 0 Å². The highest BCUT2D eigenvalue weighted by Gasteiger charge is 2.33. The van der Waals surface area contributed by atoms with E-state index in [1.807, 2.05) is 20.8 Å². The van der Waals surface area contributed by atoms with Crippen LogP contribution in [0.4, 0.5) is 0 Å². The Morgan fingerprint density at radius 1 is 1.41 bits per heavy atom. The molecule has 0 bridgehead atoms. The lowest BCUT2D eigenvalue weighted by molar-refractivity contribution is -0.137. The van der Waals surface area contributed by atoms with Crippen LogP contribution < -0.4 is 5.32 Å². The summed E-state index contributed by atoms with van der Waals surface area (Å²) in [6.45, 7) is 6.78. The van der Waals surface area contributed by atoms with Gasteiger partial charge in [0.2, 0.25) is 11.8 Å². The molecule has 2 atom stereocenters. The lowest BCUT2D eigenvalue weighted by atomic mass is 10.0. The van der Waals surface area contributed by atoms with Crippen LogP contribution in [0.2, 0.25) is 0 Å². The van der Waals surface area contributed by atoms with E-state index in [9.17, 15) is 9.59 Å². The van der Waals surface area contributed by atoms with Crippen molar-refractivity contribution in [2.45, 2.75) is 39.3 Å². The van der Waals surface area contributed by atoms with Crippen LogP contribution in [0.1, 0.15) is 27.2 Å². The second-order valence-corrected chi connectivity index (χ2v) is 4.88. The number of carbonyl (C=O) groups is 2. The van der Waals surface area contributed by atoms with Crippen LogP contribution in [0.25, 0.3) is 0 Å². The monoisotopic (exact) mass is 242 g/mol. The summed E-state index contributed by atoms with van der Waals surface area (Å²) < 4.78 is 5.07. The fourth-order valence-corrected chi connectivity index (χ4v) is 2.04. The molecule has 1 heterocycles. The van der Waals surface area contributed by atoms with Gasteiger partial charge < -0.3 is 15.0 Å². The number of carbonyl (C=O) groups excluding carboxylic acids is 2. The molecule has 1 N–H and O–H groups in total. The molecule has 1 rings (SSSR count). The Bertz CT molecular complexity index is 291. The van der Waals surface area contributed by atoms with E-state index < -0.39 is 6.04 Å². The number of methoxy groups -OCH3 is 1. The fourth-order valence-electron chi connectivity index (χ4n) is 2.04. The second-order valence-electron chi connectivity index (χ2n) is 4.88. The maximum Gasteiger partial charge on any atom is 0.245 e. The summed E-state index contributed by atoms with van der Waals surface area (Å²) in [5.41, 5.74) is 0. The van der Waals surface area contributed by atoms with Crippen LogP contribution in [0.15, 0.2) is 0 Å². The Labute approximate surface area is 102 Å². The van der Waals surface area contributed by atoms with E-state index in [1.165, 1.54) is 0 Å². The van der Waals surface area contributed by atoms with Crippen LogP contribution >= 0.6 is 0 Å². The molecule has 0 saturated carbocycles. The standard InChI is InChI=1S/C12H22N2O3/c1-8(2)11-12(16)14(9(3)7-17-4)6-5-10(15)13-11/h8-9,11H,5-7H2,1-4H3,(H,13,15). The van der Waals surface area contributed by atoms with Crippen LogP contribution in [0, 0.1) is 5.92 Å². The minimum Gasteiger partial charge on any atom is -0.383 e. The summed E-state index contributed by atoms with van der Waals surface area (Å²) in [7, 11) is 1.61. The molecule has 0 aromatic rings. The lowest BCUT2D eigenvalue weighted by Crippen LogP contribution is -2.51. The molecule has 98 valence electrons. The van der Waals surface area contributed by atoms with Crippen molar-refractivity contribution in [2.24, 2.45) is 5.92 Å². The van der Waals surface area contributed by atoms with Gasteiger partial charge in [-0.25, -0.2) is 0 Å².